The second kappa shape index (κ2) is 12.7. The third kappa shape index (κ3) is 6.95. The Labute approximate surface area is 238 Å². The van der Waals surface area contributed by atoms with Crippen LogP contribution in [-0.4, -0.2) is 76.9 Å². The van der Waals surface area contributed by atoms with Gasteiger partial charge in [-0.1, -0.05) is 30.3 Å². The molecule has 2 aromatic carbocycles. The molecule has 218 valence electrons. The van der Waals surface area contributed by atoms with Crippen molar-refractivity contribution in [1.82, 2.24) is 15.0 Å². The van der Waals surface area contributed by atoms with E-state index < -0.39 is 18.2 Å². The number of nitrogens with zero attached hydrogens (tertiary/aromatic N) is 3. The summed E-state index contributed by atoms with van der Waals surface area (Å²) in [6.45, 7) is 7.43. The molecule has 2 heterocycles. The van der Waals surface area contributed by atoms with Crippen LogP contribution < -0.4 is 20.7 Å². The molecule has 5 amide bonds. The largest absolute Gasteiger partial charge is 0.487 e. The number of fused-ring (bicyclic) bond motifs is 1. The number of likely N-dealkylation sites (N-methyl/N-ethyl adjacent to an activating group) is 1. The summed E-state index contributed by atoms with van der Waals surface area (Å²) < 4.78 is 11.5. The van der Waals surface area contributed by atoms with Gasteiger partial charge in [0, 0.05) is 30.9 Å². The van der Waals surface area contributed by atoms with Crippen LogP contribution in [0.2, 0.25) is 0 Å². The molecular formula is C29H36N6O6. The van der Waals surface area contributed by atoms with Gasteiger partial charge in [0.05, 0.1) is 24.8 Å². The van der Waals surface area contributed by atoms with Crippen LogP contribution in [0, 0.1) is 19.8 Å². The van der Waals surface area contributed by atoms with Crippen molar-refractivity contribution < 1.29 is 28.8 Å². The van der Waals surface area contributed by atoms with Crippen molar-refractivity contribution >= 4 is 35.0 Å². The molecule has 12 nitrogen and oxygen atoms in total. The number of para-hydroxylation sites is 1. The number of benzene rings is 2. The van der Waals surface area contributed by atoms with Gasteiger partial charge in [0.15, 0.2) is 5.76 Å². The van der Waals surface area contributed by atoms with E-state index in [4.69, 9.17) is 9.26 Å². The molecule has 0 saturated carbocycles. The van der Waals surface area contributed by atoms with E-state index in [2.05, 4.69) is 21.1 Å². The Morgan fingerprint density at radius 1 is 1.12 bits per heavy atom. The summed E-state index contributed by atoms with van der Waals surface area (Å²) >= 11 is 0. The standard InChI is InChI=1S/C29H36N6O6/c1-17-14-35(18(2)16-36)27(37)23-13-22(31-28(38)30-21-9-7-6-8-10-21)11-12-24(23)40-25(17)15-34(5)29(39)32-26-19(3)33-41-20(26)4/h6-13,17-18,25,36H,14-16H2,1-5H3,(H,32,39)(H2,30,31,38)/t17-,18-,25+/m1/s1. The molecule has 0 saturated heterocycles. The normalized spacial score (nSPS) is 17.4. The molecule has 0 spiro atoms. The summed E-state index contributed by atoms with van der Waals surface area (Å²) in [6.07, 6.45) is -0.490. The highest BCUT2D eigenvalue weighted by atomic mass is 16.5. The number of carbonyl (C=O) groups is 3. The number of hydrogen-bond acceptors (Lipinski definition) is 7. The Balaban J connectivity index is 1.56. The summed E-state index contributed by atoms with van der Waals surface area (Å²) in [5.74, 6) is 0.298. The third-order valence-corrected chi connectivity index (χ3v) is 7.02. The van der Waals surface area contributed by atoms with Crippen molar-refractivity contribution in [2.24, 2.45) is 5.92 Å². The minimum absolute atomic E-state index is 0.190. The first kappa shape index (κ1) is 29.4. The number of hydrogen-bond donors (Lipinski definition) is 4. The van der Waals surface area contributed by atoms with Crippen LogP contribution in [0.5, 0.6) is 5.75 Å². The Morgan fingerprint density at radius 2 is 1.83 bits per heavy atom. The van der Waals surface area contributed by atoms with Gasteiger partial charge in [0.1, 0.15) is 23.2 Å². The zero-order valence-electron chi connectivity index (χ0n) is 23.8. The first-order valence-electron chi connectivity index (χ1n) is 13.4. The summed E-state index contributed by atoms with van der Waals surface area (Å²) in [6, 6.07) is 12.5. The molecule has 4 N–H and O–H groups in total. The van der Waals surface area contributed by atoms with E-state index >= 15 is 0 Å². The Morgan fingerprint density at radius 3 is 2.49 bits per heavy atom. The van der Waals surface area contributed by atoms with Crippen molar-refractivity contribution in [2.75, 3.05) is 42.7 Å². The number of aryl methyl sites for hydroxylation is 2. The van der Waals surface area contributed by atoms with Gasteiger partial charge >= 0.3 is 12.1 Å². The number of aliphatic hydroxyl groups excluding tert-OH is 1. The minimum Gasteiger partial charge on any atom is -0.487 e. The van der Waals surface area contributed by atoms with Crippen LogP contribution in [0.4, 0.5) is 26.7 Å². The van der Waals surface area contributed by atoms with Crippen LogP contribution in [-0.2, 0) is 0 Å². The van der Waals surface area contributed by atoms with E-state index in [0.717, 1.165) is 0 Å². The van der Waals surface area contributed by atoms with Gasteiger partial charge in [0.25, 0.3) is 5.91 Å². The summed E-state index contributed by atoms with van der Waals surface area (Å²) in [5, 5.41) is 22.1. The fourth-order valence-electron chi connectivity index (χ4n) is 4.55. The highest BCUT2D eigenvalue weighted by molar-refractivity contribution is 6.02. The average Bonchev–Trinajstić information content (AvgIpc) is 3.27. The number of carbonyl (C=O) groups excluding carboxylic acids is 3. The molecule has 1 aliphatic heterocycles. The van der Waals surface area contributed by atoms with Crippen LogP contribution in [0.3, 0.4) is 0 Å². The Bertz CT molecular complexity index is 1370. The van der Waals surface area contributed by atoms with Crippen molar-refractivity contribution in [3.63, 3.8) is 0 Å². The number of urea groups is 2. The molecular weight excluding hydrogens is 528 g/mol. The lowest BCUT2D eigenvalue weighted by molar-refractivity contribution is 0.0371. The summed E-state index contributed by atoms with van der Waals surface area (Å²) in [4.78, 5) is 42.3. The topological polar surface area (TPSA) is 149 Å². The molecule has 3 aromatic rings. The van der Waals surface area contributed by atoms with Crippen molar-refractivity contribution in [3.8, 4) is 5.75 Å². The zero-order chi connectivity index (χ0) is 29.7. The van der Waals surface area contributed by atoms with Gasteiger partial charge in [0.2, 0.25) is 0 Å². The maximum absolute atomic E-state index is 13.7. The molecule has 0 fully saturated rings. The van der Waals surface area contributed by atoms with E-state index in [1.165, 1.54) is 4.90 Å². The van der Waals surface area contributed by atoms with Gasteiger partial charge in [-0.2, -0.15) is 0 Å². The number of ether oxygens (including phenoxy) is 1. The maximum atomic E-state index is 13.7. The number of aromatic nitrogens is 1. The van der Waals surface area contributed by atoms with Gasteiger partial charge in [-0.25, -0.2) is 9.59 Å². The fourth-order valence-corrected chi connectivity index (χ4v) is 4.55. The molecule has 41 heavy (non-hydrogen) atoms. The van der Waals surface area contributed by atoms with Crippen molar-refractivity contribution in [1.29, 1.82) is 0 Å². The molecule has 12 heteroatoms. The van der Waals surface area contributed by atoms with E-state index in [-0.39, 0.29) is 43.1 Å². The molecule has 4 rings (SSSR count). The number of amides is 5. The first-order valence-corrected chi connectivity index (χ1v) is 13.4. The van der Waals surface area contributed by atoms with Crippen molar-refractivity contribution in [2.45, 2.75) is 39.8 Å². The molecule has 1 aliphatic rings. The van der Waals surface area contributed by atoms with E-state index in [1.807, 2.05) is 25.1 Å². The van der Waals surface area contributed by atoms with E-state index in [1.54, 1.807) is 63.1 Å². The first-order chi connectivity index (χ1) is 19.6. The number of nitrogens with one attached hydrogen (secondary N) is 3. The second-order valence-electron chi connectivity index (χ2n) is 10.3. The van der Waals surface area contributed by atoms with Gasteiger partial charge in [-0.05, 0) is 51.1 Å². The Hall–Kier alpha value is -4.58. The van der Waals surface area contributed by atoms with Gasteiger partial charge < -0.3 is 40.1 Å². The molecule has 0 radical (unpaired) electrons. The van der Waals surface area contributed by atoms with Gasteiger partial charge in [-0.15, -0.1) is 0 Å². The van der Waals surface area contributed by atoms with Crippen LogP contribution >= 0.6 is 0 Å². The number of aliphatic hydroxyl groups is 1. The molecule has 3 atom stereocenters. The lowest BCUT2D eigenvalue weighted by Crippen LogP contribution is -2.50. The molecule has 1 aromatic heterocycles. The minimum atomic E-state index is -0.490. The SMILES string of the molecule is Cc1noc(C)c1NC(=O)N(C)C[C@@H]1Oc2ccc(NC(=O)Nc3ccccc3)cc2C(=O)N([C@H](C)CO)C[C@H]1C. The lowest BCUT2D eigenvalue weighted by Gasteiger charge is -2.38. The van der Waals surface area contributed by atoms with E-state index in [9.17, 15) is 19.5 Å². The predicted octanol–water partition coefficient (Wildman–Crippen LogP) is 4.32. The van der Waals surface area contributed by atoms with Crippen LogP contribution in [0.25, 0.3) is 0 Å². The van der Waals surface area contributed by atoms with E-state index in [0.29, 0.717) is 34.3 Å². The highest BCUT2D eigenvalue weighted by Gasteiger charge is 2.34. The summed E-state index contributed by atoms with van der Waals surface area (Å²) in [5.41, 5.74) is 2.35. The summed E-state index contributed by atoms with van der Waals surface area (Å²) in [7, 11) is 1.65. The average molecular weight is 565 g/mol. The molecule has 0 bridgehead atoms. The second-order valence-corrected chi connectivity index (χ2v) is 10.3. The molecule has 0 unspecified atom stereocenters. The van der Waals surface area contributed by atoms with Crippen LogP contribution in [0.1, 0.15) is 35.7 Å². The predicted molar refractivity (Wildman–Crippen MR) is 154 cm³/mol. The fraction of sp³-hybridized carbons (Fsp3) is 0.379. The quantitative estimate of drug-likeness (QED) is 0.334. The zero-order valence-corrected chi connectivity index (χ0v) is 23.8. The molecule has 0 aliphatic carbocycles. The monoisotopic (exact) mass is 564 g/mol. The maximum Gasteiger partial charge on any atom is 0.323 e. The number of rotatable bonds is 7. The third-order valence-electron chi connectivity index (χ3n) is 7.02. The lowest BCUT2D eigenvalue weighted by atomic mass is 9.99. The van der Waals surface area contributed by atoms with Crippen LogP contribution in [0.15, 0.2) is 53.1 Å². The van der Waals surface area contributed by atoms with Crippen molar-refractivity contribution in [3.05, 3.63) is 65.5 Å². The van der Waals surface area contributed by atoms with Gasteiger partial charge in [-0.3, -0.25) is 4.79 Å². The highest BCUT2D eigenvalue weighted by Crippen LogP contribution is 2.31. The smallest absolute Gasteiger partial charge is 0.323 e. The Kier molecular flexibility index (Phi) is 9.13. The number of anilines is 3.